The second kappa shape index (κ2) is 7.05. The van der Waals surface area contributed by atoms with Crippen LogP contribution in [0.3, 0.4) is 0 Å². The van der Waals surface area contributed by atoms with Crippen molar-refractivity contribution in [2.75, 3.05) is 11.4 Å². The molecule has 1 amide bonds. The Hall–Kier alpha value is -3.67. The summed E-state index contributed by atoms with van der Waals surface area (Å²) in [5.74, 6) is -0.145. The van der Waals surface area contributed by atoms with Crippen LogP contribution in [0.1, 0.15) is 29.3 Å². The van der Waals surface area contributed by atoms with E-state index in [1.54, 1.807) is 24.3 Å². The summed E-state index contributed by atoms with van der Waals surface area (Å²) >= 11 is 0. The van der Waals surface area contributed by atoms with Crippen molar-refractivity contribution in [2.45, 2.75) is 18.5 Å². The second-order valence-corrected chi connectivity index (χ2v) is 6.60. The van der Waals surface area contributed by atoms with Crippen LogP contribution in [-0.2, 0) is 11.0 Å². The highest BCUT2D eigenvalue weighted by atomic mass is 19.4. The van der Waals surface area contributed by atoms with E-state index in [9.17, 15) is 18.0 Å². The van der Waals surface area contributed by atoms with Crippen molar-refractivity contribution < 1.29 is 22.5 Å². The number of benzene rings is 2. The molecule has 1 aromatic heterocycles. The lowest BCUT2D eigenvalue weighted by Crippen LogP contribution is -2.24. The fraction of sp³-hybridized carbons (Fsp3) is 0.200. The van der Waals surface area contributed by atoms with Gasteiger partial charge in [-0.15, -0.1) is 0 Å². The molecule has 1 saturated heterocycles. The Morgan fingerprint density at radius 2 is 1.93 bits per heavy atom. The molecule has 1 unspecified atom stereocenters. The van der Waals surface area contributed by atoms with E-state index in [4.69, 9.17) is 9.78 Å². The van der Waals surface area contributed by atoms with Crippen LogP contribution in [0.25, 0.3) is 11.5 Å². The highest BCUT2D eigenvalue weighted by molar-refractivity contribution is 5.96. The van der Waals surface area contributed by atoms with Crippen molar-refractivity contribution in [3.63, 3.8) is 0 Å². The van der Waals surface area contributed by atoms with E-state index in [1.165, 1.54) is 17.0 Å². The minimum Gasteiger partial charge on any atom is -0.334 e. The third-order valence-corrected chi connectivity index (χ3v) is 4.68. The maximum atomic E-state index is 13.0. The van der Waals surface area contributed by atoms with Crippen molar-refractivity contribution in [2.24, 2.45) is 0 Å². The molecule has 4 rings (SSSR count). The van der Waals surface area contributed by atoms with Gasteiger partial charge in [0.2, 0.25) is 5.91 Å². The Labute approximate surface area is 163 Å². The van der Waals surface area contributed by atoms with E-state index in [-0.39, 0.29) is 30.5 Å². The lowest BCUT2D eigenvalue weighted by molar-refractivity contribution is -0.137. The van der Waals surface area contributed by atoms with Gasteiger partial charge >= 0.3 is 6.18 Å². The number of anilines is 1. The average Bonchev–Trinajstić information content (AvgIpc) is 3.34. The first kappa shape index (κ1) is 18.7. The second-order valence-electron chi connectivity index (χ2n) is 6.60. The van der Waals surface area contributed by atoms with E-state index in [2.05, 4.69) is 10.1 Å². The number of rotatable bonds is 3. The summed E-state index contributed by atoms with van der Waals surface area (Å²) in [6.45, 7) is 0.159. The summed E-state index contributed by atoms with van der Waals surface area (Å²) in [6, 6.07) is 13.3. The van der Waals surface area contributed by atoms with Crippen LogP contribution in [-0.4, -0.2) is 22.6 Å². The molecule has 2 aromatic carbocycles. The maximum absolute atomic E-state index is 13.0. The van der Waals surface area contributed by atoms with Crippen LogP contribution in [0.2, 0.25) is 0 Å². The van der Waals surface area contributed by atoms with E-state index in [0.29, 0.717) is 17.0 Å². The zero-order chi connectivity index (χ0) is 20.6. The van der Waals surface area contributed by atoms with Gasteiger partial charge in [0.25, 0.3) is 5.89 Å². The van der Waals surface area contributed by atoms with Crippen LogP contribution in [0, 0.1) is 11.3 Å². The van der Waals surface area contributed by atoms with Crippen molar-refractivity contribution in [3.8, 4) is 17.5 Å². The minimum atomic E-state index is -4.48. The minimum absolute atomic E-state index is 0.0720. The summed E-state index contributed by atoms with van der Waals surface area (Å²) in [7, 11) is 0. The molecule has 0 aliphatic carbocycles. The number of amides is 1. The number of halogens is 3. The predicted molar refractivity (Wildman–Crippen MR) is 95.6 cm³/mol. The molecule has 29 heavy (non-hydrogen) atoms. The number of hydrogen-bond acceptors (Lipinski definition) is 5. The van der Waals surface area contributed by atoms with Crippen molar-refractivity contribution >= 4 is 11.6 Å². The number of hydrogen-bond donors (Lipinski definition) is 0. The lowest BCUT2D eigenvalue weighted by Gasteiger charge is -2.18. The predicted octanol–water partition coefficient (Wildman–Crippen LogP) is 4.15. The molecular weight excluding hydrogens is 385 g/mol. The molecule has 3 aromatic rings. The number of alkyl halides is 3. The molecule has 0 spiro atoms. The van der Waals surface area contributed by atoms with E-state index in [0.717, 1.165) is 12.1 Å². The first-order chi connectivity index (χ1) is 13.8. The monoisotopic (exact) mass is 398 g/mol. The summed E-state index contributed by atoms with van der Waals surface area (Å²) in [5, 5.41) is 12.8. The van der Waals surface area contributed by atoms with E-state index in [1.807, 2.05) is 6.07 Å². The quantitative estimate of drug-likeness (QED) is 0.662. The molecule has 0 radical (unpaired) electrons. The van der Waals surface area contributed by atoms with Gasteiger partial charge in [-0.05, 0) is 42.5 Å². The van der Waals surface area contributed by atoms with Gasteiger partial charge in [-0.3, -0.25) is 4.79 Å². The molecule has 0 N–H and O–H groups in total. The summed E-state index contributed by atoms with van der Waals surface area (Å²) in [4.78, 5) is 18.0. The smallest absolute Gasteiger partial charge is 0.334 e. The maximum Gasteiger partial charge on any atom is 0.416 e. The normalized spacial score (nSPS) is 16.8. The molecule has 6 nitrogen and oxygen atoms in total. The molecule has 0 bridgehead atoms. The largest absolute Gasteiger partial charge is 0.416 e. The highest BCUT2D eigenvalue weighted by Gasteiger charge is 2.36. The van der Waals surface area contributed by atoms with E-state index >= 15 is 0 Å². The van der Waals surface area contributed by atoms with Crippen LogP contribution in [0.5, 0.6) is 0 Å². The van der Waals surface area contributed by atoms with Gasteiger partial charge in [0.05, 0.1) is 17.2 Å². The molecule has 9 heteroatoms. The average molecular weight is 398 g/mol. The molecule has 1 aliphatic rings. The van der Waals surface area contributed by atoms with Crippen LogP contribution in [0.15, 0.2) is 53.1 Å². The Morgan fingerprint density at radius 3 is 2.62 bits per heavy atom. The molecule has 2 heterocycles. The summed E-state index contributed by atoms with van der Waals surface area (Å²) in [6.07, 6.45) is -4.41. The molecule has 1 aliphatic heterocycles. The number of nitrogens with zero attached hydrogens (tertiary/aromatic N) is 4. The summed E-state index contributed by atoms with van der Waals surface area (Å²) in [5.41, 5.74) is 0.491. The van der Waals surface area contributed by atoms with Crippen molar-refractivity contribution in [3.05, 3.63) is 65.5 Å². The van der Waals surface area contributed by atoms with Crippen LogP contribution in [0.4, 0.5) is 18.9 Å². The zero-order valence-corrected chi connectivity index (χ0v) is 14.8. The molecule has 0 saturated carbocycles. The highest BCUT2D eigenvalue weighted by Crippen LogP contribution is 2.35. The Bertz CT molecular complexity index is 1100. The third kappa shape index (κ3) is 3.69. The molecule has 1 fully saturated rings. The zero-order valence-electron chi connectivity index (χ0n) is 14.8. The van der Waals surface area contributed by atoms with Gasteiger partial charge in [0.1, 0.15) is 0 Å². The van der Waals surface area contributed by atoms with Gasteiger partial charge in [-0.25, -0.2) is 0 Å². The van der Waals surface area contributed by atoms with Crippen molar-refractivity contribution in [1.29, 1.82) is 5.26 Å². The number of nitriles is 1. The number of aromatic nitrogens is 2. The van der Waals surface area contributed by atoms with Gasteiger partial charge in [0, 0.05) is 30.1 Å². The van der Waals surface area contributed by atoms with Gasteiger partial charge in [0.15, 0.2) is 5.82 Å². The van der Waals surface area contributed by atoms with Gasteiger partial charge in [-0.2, -0.15) is 23.4 Å². The van der Waals surface area contributed by atoms with Gasteiger partial charge in [-0.1, -0.05) is 11.2 Å². The Kier molecular flexibility index (Phi) is 4.54. The van der Waals surface area contributed by atoms with Crippen LogP contribution >= 0.6 is 0 Å². The SMILES string of the molecule is N#Cc1ccc(-c2nc(C3CC(=O)N(c4cccc(C(F)(F)F)c4)C3)no2)cc1. The van der Waals surface area contributed by atoms with Gasteiger partial charge < -0.3 is 9.42 Å². The first-order valence-electron chi connectivity index (χ1n) is 8.67. The van der Waals surface area contributed by atoms with E-state index < -0.39 is 17.7 Å². The topological polar surface area (TPSA) is 83.0 Å². The lowest BCUT2D eigenvalue weighted by atomic mass is 10.1. The molecule has 146 valence electrons. The molecule has 1 atom stereocenters. The fourth-order valence-electron chi connectivity index (χ4n) is 3.19. The standard InChI is InChI=1S/C20H13F3N4O2/c21-20(22,23)15-2-1-3-16(9-15)27-11-14(8-17(27)28)18-25-19(29-26-18)13-6-4-12(10-24)5-7-13/h1-7,9,14H,8,11H2. The third-order valence-electron chi connectivity index (χ3n) is 4.68. The van der Waals surface area contributed by atoms with Crippen molar-refractivity contribution in [1.82, 2.24) is 10.1 Å². The number of carbonyl (C=O) groups excluding carboxylic acids is 1. The molecular formula is C20H13F3N4O2. The summed E-state index contributed by atoms with van der Waals surface area (Å²) < 4.78 is 44.1. The van der Waals surface area contributed by atoms with Crippen LogP contribution < -0.4 is 4.90 Å². The Balaban J connectivity index is 1.54. The number of carbonyl (C=O) groups is 1. The Morgan fingerprint density at radius 1 is 1.17 bits per heavy atom. The first-order valence-corrected chi connectivity index (χ1v) is 8.67. The fourth-order valence-corrected chi connectivity index (χ4v) is 3.19.